The van der Waals surface area contributed by atoms with Crippen molar-refractivity contribution in [1.82, 2.24) is 19.8 Å². The number of pyridine rings is 2. The third kappa shape index (κ3) is 8.38. The highest BCUT2D eigenvalue weighted by Gasteiger charge is 2.24. The number of benzene rings is 2. The fraction of sp³-hybridized carbons (Fsp3) is 0.333. The lowest BCUT2D eigenvalue weighted by Crippen LogP contribution is -2.45. The first-order valence-corrected chi connectivity index (χ1v) is 14.6. The summed E-state index contributed by atoms with van der Waals surface area (Å²) in [5.74, 6) is 2.44. The molecule has 2 aromatic heterocycles. The molecule has 5 heterocycles. The smallest absolute Gasteiger partial charge is 0.257 e. The Morgan fingerprint density at radius 3 is 1.74 bits per heavy atom. The number of aldehydes is 1. The molecule has 0 bridgehead atoms. The van der Waals surface area contributed by atoms with Crippen LogP contribution in [0.2, 0.25) is 0 Å². The Morgan fingerprint density at radius 1 is 0.739 bits per heavy atom. The summed E-state index contributed by atoms with van der Waals surface area (Å²) in [5.41, 5.74) is 4.01. The van der Waals surface area contributed by atoms with Gasteiger partial charge in [0.25, 0.3) is 11.8 Å². The number of carbonyl (C=O) groups is 1. The van der Waals surface area contributed by atoms with Gasteiger partial charge in [0.15, 0.2) is 23.7 Å². The Balaban J connectivity index is 0.000000212. The van der Waals surface area contributed by atoms with Gasteiger partial charge in [-0.2, -0.15) is 5.26 Å². The fourth-order valence-corrected chi connectivity index (χ4v) is 5.24. The van der Waals surface area contributed by atoms with E-state index in [-0.39, 0.29) is 27.1 Å². The van der Waals surface area contributed by atoms with Crippen molar-refractivity contribution in [3.8, 4) is 29.3 Å². The predicted octanol–water partition coefficient (Wildman–Crippen LogP) is 5.91. The third-order valence-corrected chi connectivity index (χ3v) is 7.72. The molecule has 4 aromatic rings. The maximum atomic E-state index is 10.6. The summed E-state index contributed by atoms with van der Waals surface area (Å²) in [6.07, 6.45) is 3.89. The maximum absolute atomic E-state index is 10.6. The summed E-state index contributed by atoms with van der Waals surface area (Å²) in [6.45, 7) is 6.35. The molecule has 0 aliphatic carbocycles. The standard InChI is InChI=1S/C20H22N4O2.C14H11NO3.2CH4/c21-7-9-23-10-12-24(13-11-23)14-16-3-5-17(6-4-16)19-15-25-18-2-1-8-22-20(18)26-19;16-8-10-3-5-11(6-4-10)13-9-17-12-2-1-7-15-14(12)18-13;;/h1-6,8,19H,9-15H2;1-8,13H,9H2;2*1H4/t19-;13-;;/m11../s1. The Hall–Kier alpha value is -4.98. The van der Waals surface area contributed by atoms with Crippen molar-refractivity contribution in [2.75, 3.05) is 45.9 Å². The highest BCUT2D eigenvalue weighted by molar-refractivity contribution is 5.74. The Labute approximate surface area is 271 Å². The van der Waals surface area contributed by atoms with Gasteiger partial charge in [-0.25, -0.2) is 9.97 Å². The number of nitrogens with zero attached hydrogens (tertiary/aromatic N) is 5. The lowest BCUT2D eigenvalue weighted by molar-refractivity contribution is 0.0850. The van der Waals surface area contributed by atoms with Crippen LogP contribution in [0.3, 0.4) is 0 Å². The Kier molecular flexibility index (Phi) is 12.1. The molecule has 0 saturated carbocycles. The highest BCUT2D eigenvalue weighted by Crippen LogP contribution is 2.35. The van der Waals surface area contributed by atoms with E-state index in [1.54, 1.807) is 30.6 Å². The van der Waals surface area contributed by atoms with Crippen LogP contribution in [0.5, 0.6) is 23.3 Å². The van der Waals surface area contributed by atoms with Gasteiger partial charge in [0.2, 0.25) is 0 Å². The van der Waals surface area contributed by atoms with E-state index >= 15 is 0 Å². The lowest BCUT2D eigenvalue weighted by Gasteiger charge is -2.33. The van der Waals surface area contributed by atoms with Gasteiger partial charge in [-0.3, -0.25) is 14.6 Å². The van der Waals surface area contributed by atoms with Crippen LogP contribution in [0.15, 0.2) is 85.2 Å². The number of rotatable bonds is 6. The number of piperazine rings is 1. The van der Waals surface area contributed by atoms with Gasteiger partial charge in [0.05, 0.1) is 12.6 Å². The Morgan fingerprint density at radius 2 is 1.24 bits per heavy atom. The molecule has 46 heavy (non-hydrogen) atoms. The number of carbonyl (C=O) groups excluding carboxylic acids is 1. The van der Waals surface area contributed by atoms with E-state index in [0.717, 1.165) is 50.1 Å². The number of hydrogen-bond acceptors (Lipinski definition) is 10. The second-order valence-electron chi connectivity index (χ2n) is 10.7. The number of aromatic nitrogens is 2. The largest absolute Gasteiger partial charge is 0.484 e. The monoisotopic (exact) mass is 623 g/mol. The van der Waals surface area contributed by atoms with Crippen LogP contribution in [-0.4, -0.2) is 72.0 Å². The van der Waals surface area contributed by atoms with E-state index in [9.17, 15) is 4.79 Å². The van der Waals surface area contributed by atoms with Crippen molar-refractivity contribution in [2.24, 2.45) is 0 Å². The predicted molar refractivity (Wildman–Crippen MR) is 175 cm³/mol. The van der Waals surface area contributed by atoms with E-state index in [1.165, 1.54) is 5.56 Å². The number of ether oxygens (including phenoxy) is 4. The third-order valence-electron chi connectivity index (χ3n) is 7.72. The normalized spacial score (nSPS) is 18.3. The summed E-state index contributed by atoms with van der Waals surface area (Å²) in [5, 5.41) is 8.78. The quantitative estimate of drug-likeness (QED) is 0.190. The van der Waals surface area contributed by atoms with Crippen LogP contribution < -0.4 is 18.9 Å². The molecule has 7 rings (SSSR count). The second-order valence-corrected chi connectivity index (χ2v) is 10.7. The molecule has 2 aromatic carbocycles. The molecule has 0 radical (unpaired) electrons. The fourth-order valence-electron chi connectivity index (χ4n) is 5.24. The SMILES string of the molecule is C.C.N#CCN1CCN(Cc2ccc([C@H]3COc4cccnc4O3)cc2)CC1.O=Cc1ccc([C@H]2COc3cccnc3O2)cc1. The average Bonchev–Trinajstić information content (AvgIpc) is 3.09. The van der Waals surface area contributed by atoms with Gasteiger partial charge >= 0.3 is 0 Å². The summed E-state index contributed by atoms with van der Waals surface area (Å²) in [4.78, 5) is 23.6. The number of nitriles is 1. The van der Waals surface area contributed by atoms with E-state index in [2.05, 4.69) is 50.1 Å². The first-order valence-electron chi connectivity index (χ1n) is 14.6. The van der Waals surface area contributed by atoms with E-state index in [4.69, 9.17) is 24.2 Å². The van der Waals surface area contributed by atoms with Gasteiger partial charge < -0.3 is 18.9 Å². The summed E-state index contributed by atoms with van der Waals surface area (Å²) in [7, 11) is 0. The zero-order valence-corrected chi connectivity index (χ0v) is 24.2. The number of hydrogen-bond donors (Lipinski definition) is 0. The second kappa shape index (κ2) is 16.4. The van der Waals surface area contributed by atoms with Gasteiger partial charge in [-0.1, -0.05) is 63.4 Å². The highest BCUT2D eigenvalue weighted by atomic mass is 16.6. The molecule has 0 spiro atoms. The molecule has 3 aliphatic rings. The lowest BCUT2D eigenvalue weighted by atomic mass is 10.1. The molecule has 240 valence electrons. The van der Waals surface area contributed by atoms with Crippen molar-refractivity contribution in [3.05, 3.63) is 107 Å². The van der Waals surface area contributed by atoms with Crippen LogP contribution >= 0.6 is 0 Å². The summed E-state index contributed by atoms with van der Waals surface area (Å²) in [6, 6.07) is 25.4. The van der Waals surface area contributed by atoms with Crippen molar-refractivity contribution < 1.29 is 23.7 Å². The van der Waals surface area contributed by atoms with Crippen LogP contribution in [0.25, 0.3) is 0 Å². The van der Waals surface area contributed by atoms with Crippen LogP contribution in [0, 0.1) is 11.3 Å². The minimum absolute atomic E-state index is 0. The van der Waals surface area contributed by atoms with E-state index < -0.39 is 0 Å². The first-order chi connectivity index (χ1) is 21.7. The summed E-state index contributed by atoms with van der Waals surface area (Å²) >= 11 is 0. The molecule has 1 saturated heterocycles. The summed E-state index contributed by atoms with van der Waals surface area (Å²) < 4.78 is 23.1. The van der Waals surface area contributed by atoms with Gasteiger partial charge in [-0.05, 0) is 41.0 Å². The molecular weight excluding hydrogens is 582 g/mol. The molecule has 0 unspecified atom stereocenters. The number of fused-ring (bicyclic) bond motifs is 2. The van der Waals surface area contributed by atoms with Crippen LogP contribution in [-0.2, 0) is 6.54 Å². The van der Waals surface area contributed by atoms with Gasteiger partial charge in [-0.15, -0.1) is 0 Å². The molecule has 2 atom stereocenters. The molecule has 1 fully saturated rings. The van der Waals surface area contributed by atoms with E-state index in [1.807, 2.05) is 30.3 Å². The zero-order chi connectivity index (χ0) is 30.1. The van der Waals surface area contributed by atoms with Crippen molar-refractivity contribution in [3.63, 3.8) is 0 Å². The topological polar surface area (TPSA) is 110 Å². The van der Waals surface area contributed by atoms with Crippen molar-refractivity contribution in [2.45, 2.75) is 33.6 Å². The van der Waals surface area contributed by atoms with Gasteiger partial charge in [0.1, 0.15) is 19.5 Å². The molecule has 10 nitrogen and oxygen atoms in total. The molecular formula is C36H41N5O5. The van der Waals surface area contributed by atoms with Crippen LogP contribution in [0.4, 0.5) is 0 Å². The molecule has 10 heteroatoms. The minimum Gasteiger partial charge on any atom is -0.484 e. The van der Waals surface area contributed by atoms with Crippen molar-refractivity contribution in [1.29, 1.82) is 5.26 Å². The molecule has 0 N–H and O–H groups in total. The Bertz CT molecular complexity index is 1580. The average molecular weight is 624 g/mol. The minimum atomic E-state index is -0.187. The molecule has 0 amide bonds. The zero-order valence-electron chi connectivity index (χ0n) is 24.2. The first kappa shape index (κ1) is 33.9. The van der Waals surface area contributed by atoms with E-state index in [0.29, 0.717) is 48.6 Å². The maximum Gasteiger partial charge on any atom is 0.257 e. The van der Waals surface area contributed by atoms with Gasteiger partial charge in [0, 0.05) is 50.7 Å². The molecule has 3 aliphatic heterocycles. The van der Waals surface area contributed by atoms with Crippen LogP contribution in [0.1, 0.15) is 54.1 Å². The van der Waals surface area contributed by atoms with Crippen molar-refractivity contribution >= 4 is 6.29 Å².